The van der Waals surface area contributed by atoms with Crippen molar-refractivity contribution in [3.8, 4) is 11.5 Å². The van der Waals surface area contributed by atoms with E-state index in [1.807, 2.05) is 26.0 Å². The first-order chi connectivity index (χ1) is 9.12. The first-order valence-electron chi connectivity index (χ1n) is 6.50. The fourth-order valence-corrected chi connectivity index (χ4v) is 2.26. The quantitative estimate of drug-likeness (QED) is 0.831. The summed E-state index contributed by atoms with van der Waals surface area (Å²) in [7, 11) is 3.22. The first kappa shape index (κ1) is 17.3. The molecule has 1 aromatic rings. The van der Waals surface area contributed by atoms with Gasteiger partial charge in [-0.15, -0.1) is 0 Å². The molecule has 114 valence electrons. The molecule has 1 aromatic carbocycles. The van der Waals surface area contributed by atoms with Crippen LogP contribution in [0.25, 0.3) is 0 Å². The molecular weight excluding hydrogens is 322 g/mol. The van der Waals surface area contributed by atoms with Crippen LogP contribution in [0.15, 0.2) is 16.6 Å². The number of aliphatic hydroxyl groups is 1. The molecule has 0 saturated carbocycles. The van der Waals surface area contributed by atoms with Crippen molar-refractivity contribution in [3.63, 3.8) is 0 Å². The summed E-state index contributed by atoms with van der Waals surface area (Å²) >= 11 is 3.48. The second-order valence-electron chi connectivity index (χ2n) is 5.85. The van der Waals surface area contributed by atoms with Crippen LogP contribution in [0.1, 0.15) is 33.3 Å². The van der Waals surface area contributed by atoms with Crippen LogP contribution in [0.4, 0.5) is 0 Å². The van der Waals surface area contributed by atoms with Crippen molar-refractivity contribution in [1.82, 2.24) is 5.32 Å². The van der Waals surface area contributed by atoms with Gasteiger partial charge in [-0.25, -0.2) is 0 Å². The summed E-state index contributed by atoms with van der Waals surface area (Å²) in [4.78, 5) is 0. The molecule has 0 saturated heterocycles. The zero-order chi connectivity index (χ0) is 15.6. The van der Waals surface area contributed by atoms with Crippen molar-refractivity contribution in [1.29, 1.82) is 0 Å². The van der Waals surface area contributed by atoms with Crippen LogP contribution in [0.5, 0.6) is 11.5 Å². The van der Waals surface area contributed by atoms with Crippen LogP contribution in [-0.2, 0) is 6.54 Å². The molecule has 0 aliphatic heterocycles. The van der Waals surface area contributed by atoms with Crippen molar-refractivity contribution in [2.45, 2.75) is 45.4 Å². The number of hydrogen-bond acceptors (Lipinski definition) is 4. The number of rotatable bonds is 6. The van der Waals surface area contributed by atoms with E-state index in [1.54, 1.807) is 28.1 Å². The molecule has 4 nitrogen and oxygen atoms in total. The molecule has 0 spiro atoms. The molecule has 0 radical (unpaired) electrons. The fraction of sp³-hybridized carbons (Fsp3) is 0.600. The number of halogens is 1. The van der Waals surface area contributed by atoms with Crippen molar-refractivity contribution in [3.05, 3.63) is 22.2 Å². The molecular formula is C15H24BrNO3. The Morgan fingerprint density at radius 2 is 1.75 bits per heavy atom. The minimum atomic E-state index is -0.819. The predicted octanol–water partition coefficient (Wildman–Crippen LogP) is 3.11. The minimum absolute atomic E-state index is 0.410. The Morgan fingerprint density at radius 1 is 1.15 bits per heavy atom. The third kappa shape index (κ3) is 3.87. The van der Waals surface area contributed by atoms with Gasteiger partial charge in [0.2, 0.25) is 0 Å². The van der Waals surface area contributed by atoms with E-state index in [-0.39, 0.29) is 0 Å². The van der Waals surface area contributed by atoms with Crippen molar-refractivity contribution in [2.24, 2.45) is 0 Å². The van der Waals surface area contributed by atoms with Gasteiger partial charge in [0.25, 0.3) is 0 Å². The van der Waals surface area contributed by atoms with E-state index >= 15 is 0 Å². The van der Waals surface area contributed by atoms with Gasteiger partial charge in [-0.2, -0.15) is 0 Å². The number of benzene rings is 1. The van der Waals surface area contributed by atoms with E-state index in [9.17, 15) is 5.11 Å². The Hall–Kier alpha value is -0.780. The maximum Gasteiger partial charge on any atom is 0.174 e. The van der Waals surface area contributed by atoms with E-state index in [2.05, 4.69) is 21.2 Å². The van der Waals surface area contributed by atoms with Crippen LogP contribution < -0.4 is 14.8 Å². The second-order valence-corrected chi connectivity index (χ2v) is 6.71. The lowest BCUT2D eigenvalue weighted by molar-refractivity contribution is -0.00532. The number of ether oxygens (including phenoxy) is 2. The van der Waals surface area contributed by atoms with Crippen LogP contribution in [0.3, 0.4) is 0 Å². The highest BCUT2D eigenvalue weighted by atomic mass is 79.9. The molecule has 0 atom stereocenters. The van der Waals surface area contributed by atoms with E-state index in [1.165, 1.54) is 0 Å². The van der Waals surface area contributed by atoms with Gasteiger partial charge in [-0.1, -0.05) is 0 Å². The molecule has 0 unspecified atom stereocenters. The largest absolute Gasteiger partial charge is 0.493 e. The van der Waals surface area contributed by atoms with Crippen LogP contribution in [0, 0.1) is 0 Å². The van der Waals surface area contributed by atoms with E-state index in [0.717, 1.165) is 10.0 Å². The summed E-state index contributed by atoms with van der Waals surface area (Å²) in [6.07, 6.45) is 0. The standard InChI is InChI=1S/C15H24BrNO3/c1-14(2,15(3,4)18)17-9-10-7-11(16)13(20-6)12(8-10)19-5/h7-8,17-18H,9H2,1-6H3. The summed E-state index contributed by atoms with van der Waals surface area (Å²) in [6.45, 7) is 8.16. The van der Waals surface area contributed by atoms with Crippen LogP contribution >= 0.6 is 15.9 Å². The molecule has 0 aliphatic rings. The maximum atomic E-state index is 10.1. The molecule has 0 aromatic heterocycles. The van der Waals surface area contributed by atoms with Crippen LogP contribution in [0.2, 0.25) is 0 Å². The summed E-state index contributed by atoms with van der Waals surface area (Å²) in [5.74, 6) is 1.36. The third-order valence-electron chi connectivity index (χ3n) is 3.76. The molecule has 0 aliphatic carbocycles. The van der Waals surface area contributed by atoms with E-state index in [0.29, 0.717) is 18.0 Å². The van der Waals surface area contributed by atoms with Gasteiger partial charge in [0.15, 0.2) is 11.5 Å². The highest BCUT2D eigenvalue weighted by molar-refractivity contribution is 9.10. The zero-order valence-electron chi connectivity index (χ0n) is 13.0. The SMILES string of the molecule is COc1cc(CNC(C)(C)C(C)(C)O)cc(Br)c1OC. The molecule has 20 heavy (non-hydrogen) atoms. The lowest BCUT2D eigenvalue weighted by Gasteiger charge is -2.38. The smallest absolute Gasteiger partial charge is 0.174 e. The molecule has 2 N–H and O–H groups in total. The van der Waals surface area contributed by atoms with Gasteiger partial charge in [0.1, 0.15) is 0 Å². The van der Waals surface area contributed by atoms with Crippen molar-refractivity contribution >= 4 is 15.9 Å². The Balaban J connectivity index is 2.92. The van der Waals surface area contributed by atoms with Gasteiger partial charge >= 0.3 is 0 Å². The monoisotopic (exact) mass is 345 g/mol. The predicted molar refractivity (Wildman–Crippen MR) is 84.5 cm³/mol. The molecule has 0 amide bonds. The maximum absolute atomic E-state index is 10.1. The fourth-order valence-electron chi connectivity index (χ4n) is 1.61. The van der Waals surface area contributed by atoms with Crippen LogP contribution in [-0.4, -0.2) is 30.5 Å². The Kier molecular flexibility index (Phi) is 5.46. The summed E-state index contributed by atoms with van der Waals surface area (Å²) < 4.78 is 11.5. The van der Waals surface area contributed by atoms with Crippen molar-refractivity contribution in [2.75, 3.05) is 14.2 Å². The third-order valence-corrected chi connectivity index (χ3v) is 4.35. The Bertz CT molecular complexity index is 467. The highest BCUT2D eigenvalue weighted by Crippen LogP contribution is 2.36. The number of nitrogens with one attached hydrogen (secondary N) is 1. The molecule has 1 rings (SSSR count). The lowest BCUT2D eigenvalue weighted by atomic mass is 9.86. The average Bonchev–Trinajstić information content (AvgIpc) is 2.34. The molecule has 0 bridgehead atoms. The van der Waals surface area contributed by atoms with Crippen molar-refractivity contribution < 1.29 is 14.6 Å². The summed E-state index contributed by atoms with van der Waals surface area (Å²) in [6, 6.07) is 3.91. The summed E-state index contributed by atoms with van der Waals surface area (Å²) in [5, 5.41) is 13.5. The van der Waals surface area contributed by atoms with E-state index < -0.39 is 11.1 Å². The molecule has 0 fully saturated rings. The highest BCUT2D eigenvalue weighted by Gasteiger charge is 2.34. The minimum Gasteiger partial charge on any atom is -0.493 e. The van der Waals surface area contributed by atoms with Gasteiger partial charge in [0.05, 0.1) is 24.3 Å². The first-order valence-corrected chi connectivity index (χ1v) is 7.29. The normalized spacial score (nSPS) is 12.4. The van der Waals surface area contributed by atoms with Gasteiger partial charge in [-0.05, 0) is 61.3 Å². The number of hydrogen-bond donors (Lipinski definition) is 2. The van der Waals surface area contributed by atoms with Gasteiger partial charge in [0, 0.05) is 12.1 Å². The summed E-state index contributed by atoms with van der Waals surface area (Å²) in [5.41, 5.74) is -0.181. The molecule has 5 heteroatoms. The van der Waals surface area contributed by atoms with Gasteiger partial charge in [-0.3, -0.25) is 0 Å². The Labute approximate surface area is 129 Å². The Morgan fingerprint density at radius 3 is 2.20 bits per heavy atom. The second kappa shape index (κ2) is 6.33. The molecule has 0 heterocycles. The zero-order valence-corrected chi connectivity index (χ0v) is 14.6. The number of methoxy groups -OCH3 is 2. The average molecular weight is 346 g/mol. The van der Waals surface area contributed by atoms with Gasteiger partial charge < -0.3 is 19.9 Å². The topological polar surface area (TPSA) is 50.7 Å². The van der Waals surface area contributed by atoms with E-state index in [4.69, 9.17) is 9.47 Å². The lowest BCUT2D eigenvalue weighted by Crippen LogP contribution is -2.55.